The summed E-state index contributed by atoms with van der Waals surface area (Å²) in [7, 11) is 0. The van der Waals surface area contributed by atoms with Gasteiger partial charge in [-0.3, -0.25) is 0 Å². The van der Waals surface area contributed by atoms with Gasteiger partial charge in [0, 0.05) is 12.0 Å². The molecule has 0 saturated heterocycles. The van der Waals surface area contributed by atoms with E-state index in [1.807, 2.05) is 18.2 Å². The molecule has 0 unspecified atom stereocenters. The molecule has 0 amide bonds. The average Bonchev–Trinajstić information content (AvgIpc) is 3.25. The molecule has 21 heavy (non-hydrogen) atoms. The summed E-state index contributed by atoms with van der Waals surface area (Å²) in [5.74, 6) is 0.449. The highest BCUT2D eigenvalue weighted by Crippen LogP contribution is 2.60. The van der Waals surface area contributed by atoms with Crippen LogP contribution in [0, 0.1) is 0 Å². The molecule has 0 bridgehead atoms. The van der Waals surface area contributed by atoms with E-state index in [1.54, 1.807) is 0 Å². The van der Waals surface area contributed by atoms with E-state index in [1.165, 1.54) is 11.1 Å². The van der Waals surface area contributed by atoms with Crippen molar-refractivity contribution in [1.82, 2.24) is 5.32 Å². The van der Waals surface area contributed by atoms with Crippen LogP contribution in [0.3, 0.4) is 0 Å². The van der Waals surface area contributed by atoms with E-state index in [4.69, 9.17) is 34.8 Å². The highest BCUT2D eigenvalue weighted by atomic mass is 35.5. The highest BCUT2D eigenvalue weighted by Gasteiger charge is 2.55. The molecule has 3 rings (SSSR count). The van der Waals surface area contributed by atoms with Crippen LogP contribution in [0.25, 0.3) is 0 Å². The topological polar surface area (TPSA) is 12.0 Å². The molecule has 1 aliphatic carbocycles. The van der Waals surface area contributed by atoms with Crippen molar-refractivity contribution in [2.75, 3.05) is 12.5 Å². The Morgan fingerprint density at radius 2 is 1.81 bits per heavy atom. The van der Waals surface area contributed by atoms with Crippen molar-refractivity contribution in [3.8, 4) is 0 Å². The van der Waals surface area contributed by atoms with Crippen molar-refractivity contribution in [3.05, 3.63) is 69.7 Å². The molecule has 2 aromatic carbocycles. The average molecular weight is 341 g/mol. The Morgan fingerprint density at radius 3 is 2.48 bits per heavy atom. The molecule has 1 nitrogen and oxygen atoms in total. The first kappa shape index (κ1) is 15.2. The second kappa shape index (κ2) is 6.18. The molecule has 110 valence electrons. The van der Waals surface area contributed by atoms with Crippen LogP contribution >= 0.6 is 34.8 Å². The van der Waals surface area contributed by atoms with Crippen LogP contribution in [-0.4, -0.2) is 12.5 Å². The molecular formula is C17H16Cl3N. The second-order valence-electron chi connectivity index (χ2n) is 5.51. The molecule has 1 N–H and O–H groups in total. The van der Waals surface area contributed by atoms with Crippen LogP contribution < -0.4 is 5.32 Å². The highest BCUT2D eigenvalue weighted by molar-refractivity contribution is 6.42. The first-order valence-electron chi connectivity index (χ1n) is 6.94. The van der Waals surface area contributed by atoms with Gasteiger partial charge in [-0.15, -0.1) is 11.6 Å². The SMILES string of the molecule is ClCNC[C@]1(c2ccccc2)C[C@H]1c1ccc(Cl)c(Cl)c1. The zero-order valence-corrected chi connectivity index (χ0v) is 13.7. The Labute approximate surface area is 140 Å². The van der Waals surface area contributed by atoms with Crippen molar-refractivity contribution in [2.24, 2.45) is 0 Å². The van der Waals surface area contributed by atoms with Gasteiger partial charge in [-0.05, 0) is 35.6 Å². The maximum atomic E-state index is 6.16. The van der Waals surface area contributed by atoms with Crippen molar-refractivity contribution in [2.45, 2.75) is 17.8 Å². The van der Waals surface area contributed by atoms with Crippen LogP contribution in [-0.2, 0) is 5.41 Å². The lowest BCUT2D eigenvalue weighted by molar-refractivity contribution is 0.596. The molecule has 2 aromatic rings. The van der Waals surface area contributed by atoms with Gasteiger partial charge in [0.25, 0.3) is 0 Å². The number of rotatable bonds is 5. The Hall–Kier alpha value is -0.730. The van der Waals surface area contributed by atoms with Crippen LogP contribution in [0.1, 0.15) is 23.5 Å². The summed E-state index contributed by atoms with van der Waals surface area (Å²) >= 11 is 18.0. The standard InChI is InChI=1S/C17H16Cl3N/c18-11-21-10-17(13-4-2-1-3-5-13)9-14(17)12-6-7-15(19)16(20)8-12/h1-8,14,21H,9-11H2/t14-,17-/m0/s1. The van der Waals surface area contributed by atoms with Gasteiger partial charge in [0.15, 0.2) is 0 Å². The third-order valence-corrected chi connectivity index (χ3v) is 5.23. The molecule has 2 atom stereocenters. The largest absolute Gasteiger partial charge is 0.303 e. The molecule has 0 spiro atoms. The van der Waals surface area contributed by atoms with Gasteiger partial charge in [0.05, 0.1) is 16.0 Å². The van der Waals surface area contributed by atoms with Gasteiger partial charge >= 0.3 is 0 Å². The first-order chi connectivity index (χ1) is 10.2. The van der Waals surface area contributed by atoms with Gasteiger partial charge in [0.2, 0.25) is 0 Å². The minimum Gasteiger partial charge on any atom is -0.303 e. The Kier molecular flexibility index (Phi) is 4.46. The fourth-order valence-corrected chi connectivity index (χ4v) is 3.53. The van der Waals surface area contributed by atoms with Crippen molar-refractivity contribution >= 4 is 34.8 Å². The Balaban J connectivity index is 1.92. The van der Waals surface area contributed by atoms with Gasteiger partial charge in [0.1, 0.15) is 0 Å². The van der Waals surface area contributed by atoms with E-state index >= 15 is 0 Å². The number of hydrogen-bond donors (Lipinski definition) is 1. The lowest BCUT2D eigenvalue weighted by atomic mass is 9.90. The van der Waals surface area contributed by atoms with Crippen LogP contribution in [0.4, 0.5) is 0 Å². The summed E-state index contributed by atoms with van der Waals surface area (Å²) in [5, 5.41) is 4.50. The molecule has 1 aliphatic rings. The van der Waals surface area contributed by atoms with Gasteiger partial charge < -0.3 is 5.32 Å². The monoisotopic (exact) mass is 339 g/mol. The number of halogens is 3. The predicted octanol–water partition coefficient (Wildman–Crippen LogP) is 5.20. The van der Waals surface area contributed by atoms with Crippen LogP contribution in [0.5, 0.6) is 0 Å². The van der Waals surface area contributed by atoms with Crippen molar-refractivity contribution in [3.63, 3.8) is 0 Å². The molecular weight excluding hydrogens is 325 g/mol. The predicted molar refractivity (Wildman–Crippen MR) is 90.7 cm³/mol. The fraction of sp³-hybridized carbons (Fsp3) is 0.294. The third-order valence-electron chi connectivity index (χ3n) is 4.30. The van der Waals surface area contributed by atoms with Crippen LogP contribution in [0.2, 0.25) is 10.0 Å². The molecule has 0 heterocycles. The minimum atomic E-state index is 0.104. The van der Waals surface area contributed by atoms with Gasteiger partial charge in [-0.2, -0.15) is 0 Å². The van der Waals surface area contributed by atoms with Crippen molar-refractivity contribution in [1.29, 1.82) is 0 Å². The van der Waals surface area contributed by atoms with E-state index < -0.39 is 0 Å². The molecule has 1 fully saturated rings. The van der Waals surface area contributed by atoms with Gasteiger partial charge in [-0.1, -0.05) is 59.6 Å². The van der Waals surface area contributed by atoms with Crippen LogP contribution in [0.15, 0.2) is 48.5 Å². The number of nitrogens with one attached hydrogen (secondary N) is 1. The van der Waals surface area contributed by atoms with E-state index in [-0.39, 0.29) is 5.41 Å². The normalized spacial score (nSPS) is 24.0. The number of benzene rings is 2. The Bertz CT molecular complexity index is 629. The maximum Gasteiger partial charge on any atom is 0.0713 e. The summed E-state index contributed by atoms with van der Waals surface area (Å²) < 4.78 is 0. The number of alkyl halides is 1. The van der Waals surface area contributed by atoms with E-state index in [0.29, 0.717) is 22.0 Å². The summed E-state index contributed by atoms with van der Waals surface area (Å²) in [6, 6.07) is 17.0. The summed E-state index contributed by atoms with van der Waals surface area (Å²) in [4.78, 5) is 0. The van der Waals surface area contributed by atoms with E-state index in [2.05, 4.69) is 35.6 Å². The quantitative estimate of drug-likeness (QED) is 0.582. The molecule has 0 aliphatic heterocycles. The van der Waals surface area contributed by atoms with Gasteiger partial charge in [-0.25, -0.2) is 0 Å². The Morgan fingerprint density at radius 1 is 1.05 bits per heavy atom. The molecule has 0 radical (unpaired) electrons. The van der Waals surface area contributed by atoms with E-state index in [0.717, 1.165) is 13.0 Å². The van der Waals surface area contributed by atoms with Crippen molar-refractivity contribution < 1.29 is 0 Å². The lowest BCUT2D eigenvalue weighted by Crippen LogP contribution is -2.27. The molecule has 0 aromatic heterocycles. The first-order valence-corrected chi connectivity index (χ1v) is 8.23. The molecule has 1 saturated carbocycles. The smallest absolute Gasteiger partial charge is 0.0713 e. The second-order valence-corrected chi connectivity index (χ2v) is 6.59. The summed E-state index contributed by atoms with van der Waals surface area (Å²) in [6.07, 6.45) is 1.10. The number of hydrogen-bond acceptors (Lipinski definition) is 1. The zero-order valence-electron chi connectivity index (χ0n) is 11.5. The third kappa shape index (κ3) is 2.93. The summed E-state index contributed by atoms with van der Waals surface area (Å²) in [6.45, 7) is 0.866. The lowest BCUT2D eigenvalue weighted by Gasteiger charge is -2.19. The van der Waals surface area contributed by atoms with E-state index in [9.17, 15) is 0 Å². The fourth-order valence-electron chi connectivity index (χ4n) is 3.13. The maximum absolute atomic E-state index is 6.16. The molecule has 4 heteroatoms. The summed E-state index contributed by atoms with van der Waals surface area (Å²) in [5.41, 5.74) is 2.69. The zero-order chi connectivity index (χ0) is 14.9. The minimum absolute atomic E-state index is 0.104.